The van der Waals surface area contributed by atoms with E-state index in [-0.39, 0.29) is 24.0 Å². The molecule has 1 aromatic carbocycles. The molecule has 3 amide bonds. The van der Waals surface area contributed by atoms with Gasteiger partial charge in [0.1, 0.15) is 0 Å². The predicted octanol–water partition coefficient (Wildman–Crippen LogP) is 4.71. The van der Waals surface area contributed by atoms with Crippen LogP contribution in [0.15, 0.2) is 18.2 Å². The number of anilines is 1. The molecule has 1 unspecified atom stereocenters. The highest BCUT2D eigenvalue weighted by Gasteiger charge is 2.24. The van der Waals surface area contributed by atoms with E-state index in [1.165, 1.54) is 19.3 Å². The van der Waals surface area contributed by atoms with Crippen LogP contribution in [0.3, 0.4) is 0 Å². The minimum Gasteiger partial charge on any atom is -0.349 e. The third kappa shape index (κ3) is 6.94. The second kappa shape index (κ2) is 9.66. The molecule has 1 aliphatic rings. The summed E-state index contributed by atoms with van der Waals surface area (Å²) in [6.45, 7) is 4.18. The molecule has 0 bridgehead atoms. The van der Waals surface area contributed by atoms with E-state index in [1.807, 2.05) is 6.92 Å². The van der Waals surface area contributed by atoms with E-state index in [9.17, 15) is 9.59 Å². The molecule has 1 atom stereocenters. The van der Waals surface area contributed by atoms with E-state index in [4.69, 9.17) is 11.6 Å². The van der Waals surface area contributed by atoms with Gasteiger partial charge in [0, 0.05) is 17.8 Å². The van der Waals surface area contributed by atoms with E-state index in [0.29, 0.717) is 16.3 Å². The van der Waals surface area contributed by atoms with Crippen LogP contribution in [-0.4, -0.2) is 24.0 Å². The fraction of sp³-hybridized carbons (Fsp3) is 0.579. The first-order chi connectivity index (χ1) is 12.0. The van der Waals surface area contributed by atoms with Gasteiger partial charge in [0.15, 0.2) is 0 Å². The second-order valence-corrected chi connectivity index (χ2v) is 7.20. The highest BCUT2D eigenvalue weighted by atomic mass is 35.5. The van der Waals surface area contributed by atoms with Crippen molar-refractivity contribution in [1.29, 1.82) is 0 Å². The number of hydrogen-bond donors (Lipinski definition) is 3. The van der Waals surface area contributed by atoms with Gasteiger partial charge in [-0.2, -0.15) is 0 Å². The summed E-state index contributed by atoms with van der Waals surface area (Å²) in [6.07, 6.45) is 7.73. The largest absolute Gasteiger partial charge is 0.349 e. The Labute approximate surface area is 154 Å². The molecule has 0 saturated heterocycles. The summed E-state index contributed by atoms with van der Waals surface area (Å²) in [7, 11) is 0. The van der Waals surface area contributed by atoms with Crippen LogP contribution in [0.4, 0.5) is 10.5 Å². The summed E-state index contributed by atoms with van der Waals surface area (Å²) < 4.78 is 0. The summed E-state index contributed by atoms with van der Waals surface area (Å²) >= 11 is 6.11. The Morgan fingerprint density at radius 2 is 2.00 bits per heavy atom. The van der Waals surface area contributed by atoms with E-state index in [2.05, 4.69) is 22.9 Å². The van der Waals surface area contributed by atoms with Gasteiger partial charge in [0.25, 0.3) is 5.91 Å². The molecule has 5 nitrogen and oxygen atoms in total. The van der Waals surface area contributed by atoms with Gasteiger partial charge in [-0.3, -0.25) is 4.79 Å². The Balaban J connectivity index is 1.84. The lowest BCUT2D eigenvalue weighted by molar-refractivity contribution is 0.0951. The molecule has 2 rings (SSSR count). The maximum Gasteiger partial charge on any atom is 0.319 e. The highest BCUT2D eigenvalue weighted by Crippen LogP contribution is 2.24. The number of urea groups is 1. The van der Waals surface area contributed by atoms with Crippen molar-refractivity contribution in [3.63, 3.8) is 0 Å². The molecule has 25 heavy (non-hydrogen) atoms. The van der Waals surface area contributed by atoms with Crippen LogP contribution in [-0.2, 0) is 0 Å². The van der Waals surface area contributed by atoms with Gasteiger partial charge in [0.2, 0.25) is 0 Å². The van der Waals surface area contributed by atoms with E-state index >= 15 is 0 Å². The first kappa shape index (κ1) is 19.6. The van der Waals surface area contributed by atoms with Crippen molar-refractivity contribution in [1.82, 2.24) is 10.6 Å². The monoisotopic (exact) mass is 365 g/mol. The van der Waals surface area contributed by atoms with Crippen molar-refractivity contribution < 1.29 is 9.59 Å². The minimum absolute atomic E-state index is 0.113. The van der Waals surface area contributed by atoms with E-state index in [0.717, 1.165) is 25.7 Å². The molecule has 1 aliphatic carbocycles. The predicted molar refractivity (Wildman–Crippen MR) is 102 cm³/mol. The topological polar surface area (TPSA) is 70.2 Å². The molecule has 1 fully saturated rings. The van der Waals surface area contributed by atoms with Crippen LogP contribution in [0, 0.1) is 0 Å². The quantitative estimate of drug-likeness (QED) is 0.554. The summed E-state index contributed by atoms with van der Waals surface area (Å²) in [5, 5.41) is 8.99. The van der Waals surface area contributed by atoms with Crippen molar-refractivity contribution in [3.05, 3.63) is 28.8 Å². The summed E-state index contributed by atoms with van der Waals surface area (Å²) in [4.78, 5) is 24.3. The molecule has 1 aromatic rings. The van der Waals surface area contributed by atoms with Crippen molar-refractivity contribution >= 4 is 29.2 Å². The Bertz CT molecular complexity index is 602. The van der Waals surface area contributed by atoms with Crippen LogP contribution in [0.5, 0.6) is 0 Å². The number of hydrogen-bond acceptors (Lipinski definition) is 2. The van der Waals surface area contributed by atoms with Gasteiger partial charge in [0.05, 0.1) is 10.6 Å². The zero-order chi connectivity index (χ0) is 18.2. The summed E-state index contributed by atoms with van der Waals surface area (Å²) in [5.41, 5.74) is 0.944. The normalized spacial score (nSPS) is 14.7. The number of carbonyl (C=O) groups is 2. The van der Waals surface area contributed by atoms with E-state index in [1.54, 1.807) is 18.2 Å². The van der Waals surface area contributed by atoms with E-state index < -0.39 is 0 Å². The molecule has 0 aliphatic heterocycles. The van der Waals surface area contributed by atoms with Gasteiger partial charge in [-0.05, 0) is 44.4 Å². The lowest BCUT2D eigenvalue weighted by Crippen LogP contribution is -2.36. The van der Waals surface area contributed by atoms with Crippen LogP contribution in [0.2, 0.25) is 5.02 Å². The molecule has 6 heteroatoms. The first-order valence-electron chi connectivity index (χ1n) is 9.17. The molecular weight excluding hydrogens is 338 g/mol. The number of unbranched alkanes of at least 4 members (excludes halogenated alkanes) is 3. The van der Waals surface area contributed by atoms with Crippen molar-refractivity contribution in [2.45, 2.75) is 70.9 Å². The minimum atomic E-state index is -0.265. The van der Waals surface area contributed by atoms with Gasteiger partial charge in [-0.25, -0.2) is 4.79 Å². The molecule has 0 radical (unpaired) electrons. The maximum atomic E-state index is 12.2. The molecule has 1 saturated carbocycles. The zero-order valence-electron chi connectivity index (χ0n) is 15.0. The van der Waals surface area contributed by atoms with Crippen molar-refractivity contribution in [3.8, 4) is 0 Å². The van der Waals surface area contributed by atoms with Crippen molar-refractivity contribution in [2.24, 2.45) is 0 Å². The molecule has 0 aromatic heterocycles. The van der Waals surface area contributed by atoms with Crippen LogP contribution >= 0.6 is 11.6 Å². The number of halogens is 1. The average Bonchev–Trinajstić information content (AvgIpc) is 3.37. The average molecular weight is 366 g/mol. The third-order valence-corrected chi connectivity index (χ3v) is 4.58. The van der Waals surface area contributed by atoms with Gasteiger partial charge in [-0.1, -0.05) is 44.2 Å². The van der Waals surface area contributed by atoms with Crippen LogP contribution in [0.25, 0.3) is 0 Å². The third-order valence-electron chi connectivity index (χ3n) is 4.25. The zero-order valence-corrected chi connectivity index (χ0v) is 15.8. The number of nitrogens with one attached hydrogen (secondary N) is 3. The van der Waals surface area contributed by atoms with Gasteiger partial charge < -0.3 is 16.0 Å². The standard InChI is InChI=1S/C19H28ClN3O2/c1-3-4-5-6-7-13(2)21-19(25)23-15-10-11-17(20)16(12-15)18(24)22-14-8-9-14/h10-14H,3-9H2,1-2H3,(H,22,24)(H2,21,23,25). The Morgan fingerprint density at radius 1 is 1.24 bits per heavy atom. The molecule has 3 N–H and O–H groups in total. The Morgan fingerprint density at radius 3 is 2.68 bits per heavy atom. The SMILES string of the molecule is CCCCCCC(C)NC(=O)Nc1ccc(Cl)c(C(=O)NC2CC2)c1. The summed E-state index contributed by atoms with van der Waals surface area (Å²) in [5.74, 6) is -0.194. The van der Waals surface area contributed by atoms with Gasteiger partial charge >= 0.3 is 6.03 Å². The smallest absolute Gasteiger partial charge is 0.319 e. The molecular formula is C19H28ClN3O2. The number of amides is 3. The second-order valence-electron chi connectivity index (χ2n) is 6.79. The number of benzene rings is 1. The summed E-state index contributed by atoms with van der Waals surface area (Å²) in [6, 6.07) is 5.05. The van der Waals surface area contributed by atoms with Crippen LogP contribution < -0.4 is 16.0 Å². The fourth-order valence-electron chi connectivity index (χ4n) is 2.61. The number of rotatable bonds is 9. The van der Waals surface area contributed by atoms with Crippen LogP contribution in [0.1, 0.15) is 69.2 Å². The maximum absolute atomic E-state index is 12.2. The fourth-order valence-corrected chi connectivity index (χ4v) is 2.81. The molecule has 0 heterocycles. The number of carbonyl (C=O) groups excluding carboxylic acids is 2. The lowest BCUT2D eigenvalue weighted by atomic mass is 10.1. The van der Waals surface area contributed by atoms with Gasteiger partial charge in [-0.15, -0.1) is 0 Å². The first-order valence-corrected chi connectivity index (χ1v) is 9.55. The Kier molecular flexibility index (Phi) is 7.56. The van der Waals surface area contributed by atoms with Crippen molar-refractivity contribution in [2.75, 3.05) is 5.32 Å². The Hall–Kier alpha value is -1.75. The lowest BCUT2D eigenvalue weighted by Gasteiger charge is -2.15. The molecule has 0 spiro atoms. The highest BCUT2D eigenvalue weighted by molar-refractivity contribution is 6.34. The molecule has 138 valence electrons.